The first kappa shape index (κ1) is 18.1. The quantitative estimate of drug-likeness (QED) is 0.391. The minimum absolute atomic E-state index is 0.452. The zero-order valence-electron chi connectivity index (χ0n) is 15.4. The summed E-state index contributed by atoms with van der Waals surface area (Å²) >= 11 is 0. The van der Waals surface area contributed by atoms with Crippen LogP contribution in [0.5, 0.6) is 11.5 Å². The zero-order chi connectivity index (χ0) is 18.4. The maximum Gasteiger partial charge on any atom is 0.171 e. The molecular weight excluding hydrogens is 326 g/mol. The van der Waals surface area contributed by atoms with Crippen LogP contribution >= 0.6 is 0 Å². The van der Waals surface area contributed by atoms with Crippen molar-refractivity contribution in [3.05, 3.63) is 59.8 Å². The fourth-order valence-corrected chi connectivity index (χ4v) is 3.22. The van der Waals surface area contributed by atoms with E-state index in [0.29, 0.717) is 23.8 Å². The number of carbonyl (C=O) groups is 1. The number of fused-ring (bicyclic) bond motifs is 1. The lowest BCUT2D eigenvalue weighted by Crippen LogP contribution is -2.02. The largest absolute Gasteiger partial charge is 0.493 e. The van der Waals surface area contributed by atoms with Gasteiger partial charge in [0.05, 0.1) is 18.3 Å². The third-order valence-corrected chi connectivity index (χ3v) is 4.58. The van der Waals surface area contributed by atoms with Crippen molar-refractivity contribution in [3.8, 4) is 11.5 Å². The molecule has 4 nitrogen and oxygen atoms in total. The highest BCUT2D eigenvalue weighted by molar-refractivity contribution is 5.94. The molecule has 3 rings (SSSR count). The molecular formula is C22H25NO3. The van der Waals surface area contributed by atoms with Gasteiger partial charge in [-0.3, -0.25) is 4.79 Å². The van der Waals surface area contributed by atoms with Gasteiger partial charge in [-0.25, -0.2) is 0 Å². The Morgan fingerprint density at radius 3 is 2.58 bits per heavy atom. The topological polar surface area (TPSA) is 40.5 Å². The molecule has 0 unspecified atom stereocenters. The van der Waals surface area contributed by atoms with E-state index in [9.17, 15) is 4.79 Å². The number of nitrogens with zero attached hydrogens (tertiary/aromatic N) is 1. The van der Waals surface area contributed by atoms with Crippen molar-refractivity contribution >= 4 is 17.2 Å². The molecule has 0 aliphatic heterocycles. The molecule has 0 fully saturated rings. The van der Waals surface area contributed by atoms with Gasteiger partial charge in [-0.2, -0.15) is 0 Å². The van der Waals surface area contributed by atoms with Crippen LogP contribution in [0.3, 0.4) is 0 Å². The maximum atomic E-state index is 11.6. The van der Waals surface area contributed by atoms with Crippen LogP contribution in [0.4, 0.5) is 0 Å². The van der Waals surface area contributed by atoms with E-state index in [4.69, 9.17) is 9.47 Å². The van der Waals surface area contributed by atoms with E-state index in [0.717, 1.165) is 48.6 Å². The van der Waals surface area contributed by atoms with Crippen LogP contribution < -0.4 is 9.47 Å². The standard InChI is InChI=1S/C22H25NO3/c1-3-4-8-13-23-18(15-24)14-19-20(23)11-12-21(25-2)22(19)26-16-17-9-6-5-7-10-17/h5-7,9-12,14-15H,3-4,8,13,16H2,1-2H3. The maximum absolute atomic E-state index is 11.6. The minimum atomic E-state index is 0.452. The van der Waals surface area contributed by atoms with Crippen molar-refractivity contribution in [2.75, 3.05) is 7.11 Å². The number of hydrogen-bond donors (Lipinski definition) is 0. The van der Waals surface area contributed by atoms with Crippen molar-refractivity contribution in [2.24, 2.45) is 0 Å². The SMILES string of the molecule is CCCCCn1c(C=O)cc2c(OCc3ccccc3)c(OC)ccc21. The first-order valence-corrected chi connectivity index (χ1v) is 9.10. The van der Waals surface area contributed by atoms with Crippen LogP contribution in [-0.2, 0) is 13.2 Å². The monoisotopic (exact) mass is 351 g/mol. The molecule has 136 valence electrons. The van der Waals surface area contributed by atoms with Crippen LogP contribution in [-0.4, -0.2) is 18.0 Å². The van der Waals surface area contributed by atoms with Gasteiger partial charge in [0.2, 0.25) is 0 Å². The lowest BCUT2D eigenvalue weighted by molar-refractivity contribution is 0.111. The highest BCUT2D eigenvalue weighted by Gasteiger charge is 2.16. The summed E-state index contributed by atoms with van der Waals surface area (Å²) < 4.78 is 13.7. The van der Waals surface area contributed by atoms with E-state index in [-0.39, 0.29) is 0 Å². The van der Waals surface area contributed by atoms with Crippen LogP contribution in [0.25, 0.3) is 10.9 Å². The molecule has 0 bridgehead atoms. The summed E-state index contributed by atoms with van der Waals surface area (Å²) in [5, 5.41) is 0.916. The Kier molecular flexibility index (Phi) is 5.95. The molecule has 0 saturated carbocycles. The van der Waals surface area contributed by atoms with Gasteiger partial charge < -0.3 is 14.0 Å². The number of ether oxygens (including phenoxy) is 2. The normalized spacial score (nSPS) is 10.8. The number of methoxy groups -OCH3 is 1. The number of aryl methyl sites for hydroxylation is 1. The summed E-state index contributed by atoms with van der Waals surface area (Å²) in [5.41, 5.74) is 2.77. The van der Waals surface area contributed by atoms with E-state index in [2.05, 4.69) is 11.5 Å². The molecule has 0 aliphatic carbocycles. The molecule has 3 aromatic rings. The molecule has 1 aromatic heterocycles. The molecule has 0 amide bonds. The summed E-state index contributed by atoms with van der Waals surface area (Å²) in [5.74, 6) is 1.36. The second kappa shape index (κ2) is 8.56. The van der Waals surface area contributed by atoms with Crippen LogP contribution in [0.2, 0.25) is 0 Å². The fraction of sp³-hybridized carbons (Fsp3) is 0.318. The van der Waals surface area contributed by atoms with Gasteiger partial charge in [0, 0.05) is 11.9 Å². The lowest BCUT2D eigenvalue weighted by Gasteiger charge is -2.13. The number of benzene rings is 2. The highest BCUT2D eigenvalue weighted by atomic mass is 16.5. The van der Waals surface area contributed by atoms with Gasteiger partial charge in [-0.15, -0.1) is 0 Å². The Bertz CT molecular complexity index is 868. The molecule has 0 spiro atoms. The smallest absolute Gasteiger partial charge is 0.171 e. The van der Waals surface area contributed by atoms with Crippen molar-refractivity contribution in [3.63, 3.8) is 0 Å². The second-order valence-electron chi connectivity index (χ2n) is 6.35. The van der Waals surface area contributed by atoms with Crippen molar-refractivity contribution in [1.29, 1.82) is 0 Å². The lowest BCUT2D eigenvalue weighted by atomic mass is 10.2. The third kappa shape index (κ3) is 3.74. The van der Waals surface area contributed by atoms with Gasteiger partial charge in [-0.05, 0) is 30.2 Å². The molecule has 2 aromatic carbocycles. The predicted octanol–water partition coefficient (Wildman–Crippen LogP) is 5.23. The number of hydrogen-bond acceptors (Lipinski definition) is 3. The molecule has 1 heterocycles. The first-order valence-electron chi connectivity index (χ1n) is 9.10. The molecule has 0 aliphatic rings. The van der Waals surface area contributed by atoms with E-state index >= 15 is 0 Å². The number of aldehydes is 1. The number of aromatic nitrogens is 1. The Hall–Kier alpha value is -2.75. The Morgan fingerprint density at radius 1 is 1.08 bits per heavy atom. The Morgan fingerprint density at radius 2 is 1.88 bits per heavy atom. The highest BCUT2D eigenvalue weighted by Crippen LogP contribution is 2.38. The Labute approximate surface area is 154 Å². The fourth-order valence-electron chi connectivity index (χ4n) is 3.22. The molecule has 4 heteroatoms. The van der Waals surface area contributed by atoms with Crippen LogP contribution in [0.15, 0.2) is 48.5 Å². The predicted molar refractivity (Wildman–Crippen MR) is 104 cm³/mol. The van der Waals surface area contributed by atoms with Crippen molar-refractivity contribution in [2.45, 2.75) is 39.3 Å². The molecule has 0 atom stereocenters. The van der Waals surface area contributed by atoms with Gasteiger partial charge in [0.1, 0.15) is 6.61 Å². The summed E-state index contributed by atoms with van der Waals surface area (Å²) in [4.78, 5) is 11.6. The molecule has 26 heavy (non-hydrogen) atoms. The Balaban J connectivity index is 1.98. The molecule has 0 saturated heterocycles. The zero-order valence-corrected chi connectivity index (χ0v) is 15.4. The second-order valence-corrected chi connectivity index (χ2v) is 6.35. The number of carbonyl (C=O) groups excluding carboxylic acids is 1. The van der Waals surface area contributed by atoms with Crippen LogP contribution in [0.1, 0.15) is 42.2 Å². The van der Waals surface area contributed by atoms with E-state index in [1.807, 2.05) is 48.5 Å². The van der Waals surface area contributed by atoms with Gasteiger partial charge in [-0.1, -0.05) is 50.1 Å². The van der Waals surface area contributed by atoms with Gasteiger partial charge in [0.15, 0.2) is 17.8 Å². The first-order chi connectivity index (χ1) is 12.8. The van der Waals surface area contributed by atoms with Crippen LogP contribution in [0, 0.1) is 0 Å². The molecule has 0 radical (unpaired) electrons. The van der Waals surface area contributed by atoms with Gasteiger partial charge in [0.25, 0.3) is 0 Å². The summed E-state index contributed by atoms with van der Waals surface area (Å²) in [6.07, 6.45) is 4.26. The van der Waals surface area contributed by atoms with Crippen molar-refractivity contribution < 1.29 is 14.3 Å². The third-order valence-electron chi connectivity index (χ3n) is 4.58. The van der Waals surface area contributed by atoms with E-state index < -0.39 is 0 Å². The van der Waals surface area contributed by atoms with E-state index in [1.165, 1.54) is 0 Å². The summed E-state index contributed by atoms with van der Waals surface area (Å²) in [6, 6.07) is 15.8. The average Bonchev–Trinajstić information content (AvgIpc) is 3.05. The van der Waals surface area contributed by atoms with Crippen molar-refractivity contribution in [1.82, 2.24) is 4.57 Å². The summed E-state index contributed by atoms with van der Waals surface area (Å²) in [7, 11) is 1.63. The number of rotatable bonds is 9. The molecule has 0 N–H and O–H groups in total. The van der Waals surface area contributed by atoms with Gasteiger partial charge >= 0.3 is 0 Å². The van der Waals surface area contributed by atoms with E-state index in [1.54, 1.807) is 7.11 Å². The summed E-state index contributed by atoms with van der Waals surface area (Å²) in [6.45, 7) is 3.46. The average molecular weight is 351 g/mol. The number of unbranched alkanes of at least 4 members (excludes halogenated alkanes) is 2. The minimum Gasteiger partial charge on any atom is -0.493 e.